The van der Waals surface area contributed by atoms with Crippen molar-refractivity contribution in [3.8, 4) is 5.75 Å². The SMILES string of the molecule is CCCCNC(C)C(O)c1ccc(OCCC)cc1. The highest BCUT2D eigenvalue weighted by Gasteiger charge is 2.15. The maximum atomic E-state index is 10.3. The summed E-state index contributed by atoms with van der Waals surface area (Å²) < 4.78 is 5.53. The maximum absolute atomic E-state index is 10.3. The first kappa shape index (κ1) is 16.0. The Bertz CT molecular complexity index is 337. The topological polar surface area (TPSA) is 41.5 Å². The van der Waals surface area contributed by atoms with Gasteiger partial charge in [-0.05, 0) is 44.0 Å². The third-order valence-electron chi connectivity index (χ3n) is 3.16. The average Bonchev–Trinajstić information content (AvgIpc) is 2.45. The molecular formula is C16H27NO2. The molecule has 1 rings (SSSR count). The summed E-state index contributed by atoms with van der Waals surface area (Å²) >= 11 is 0. The zero-order chi connectivity index (χ0) is 14.1. The smallest absolute Gasteiger partial charge is 0.119 e. The molecule has 0 saturated carbocycles. The largest absolute Gasteiger partial charge is 0.494 e. The van der Waals surface area contributed by atoms with Crippen molar-refractivity contribution >= 4 is 0 Å². The van der Waals surface area contributed by atoms with Crippen molar-refractivity contribution in [2.45, 2.75) is 52.2 Å². The van der Waals surface area contributed by atoms with E-state index < -0.39 is 6.10 Å². The molecule has 0 aromatic heterocycles. The highest BCUT2D eigenvalue weighted by atomic mass is 16.5. The standard InChI is InChI=1S/C16H27NO2/c1-4-6-11-17-13(3)16(18)14-7-9-15(10-8-14)19-12-5-2/h7-10,13,16-18H,4-6,11-12H2,1-3H3. The summed E-state index contributed by atoms with van der Waals surface area (Å²) in [6.07, 6.45) is 2.83. The summed E-state index contributed by atoms with van der Waals surface area (Å²) in [5, 5.41) is 13.6. The third-order valence-corrected chi connectivity index (χ3v) is 3.16. The van der Waals surface area contributed by atoms with Crippen LogP contribution in [0, 0.1) is 0 Å². The van der Waals surface area contributed by atoms with Gasteiger partial charge in [-0.1, -0.05) is 32.4 Å². The van der Waals surface area contributed by atoms with Gasteiger partial charge in [0.05, 0.1) is 12.7 Å². The number of hydrogen-bond donors (Lipinski definition) is 2. The fourth-order valence-corrected chi connectivity index (χ4v) is 1.89. The Morgan fingerprint density at radius 3 is 2.42 bits per heavy atom. The van der Waals surface area contributed by atoms with Crippen LogP contribution in [0.5, 0.6) is 5.75 Å². The molecule has 1 aromatic carbocycles. The van der Waals surface area contributed by atoms with Crippen LogP contribution in [0.25, 0.3) is 0 Å². The molecule has 2 unspecified atom stereocenters. The minimum atomic E-state index is -0.475. The molecule has 0 aliphatic rings. The predicted molar refractivity (Wildman–Crippen MR) is 79.6 cm³/mol. The second-order valence-electron chi connectivity index (χ2n) is 4.96. The van der Waals surface area contributed by atoms with Gasteiger partial charge in [-0.15, -0.1) is 0 Å². The van der Waals surface area contributed by atoms with Crippen molar-refractivity contribution in [2.75, 3.05) is 13.2 Å². The summed E-state index contributed by atoms with van der Waals surface area (Å²) in [4.78, 5) is 0. The van der Waals surface area contributed by atoms with Gasteiger partial charge in [0.2, 0.25) is 0 Å². The van der Waals surface area contributed by atoms with Crippen molar-refractivity contribution in [1.29, 1.82) is 0 Å². The van der Waals surface area contributed by atoms with E-state index in [-0.39, 0.29) is 6.04 Å². The number of rotatable bonds is 9. The summed E-state index contributed by atoms with van der Waals surface area (Å²) in [6.45, 7) is 7.95. The van der Waals surface area contributed by atoms with Crippen molar-refractivity contribution < 1.29 is 9.84 Å². The van der Waals surface area contributed by atoms with E-state index in [0.717, 1.165) is 37.3 Å². The number of ether oxygens (including phenoxy) is 1. The Kier molecular flexibility index (Phi) is 7.53. The first-order valence-electron chi connectivity index (χ1n) is 7.33. The number of hydrogen-bond acceptors (Lipinski definition) is 3. The number of aliphatic hydroxyl groups is 1. The lowest BCUT2D eigenvalue weighted by molar-refractivity contribution is 0.136. The molecule has 0 spiro atoms. The Balaban J connectivity index is 2.49. The first-order valence-corrected chi connectivity index (χ1v) is 7.33. The molecule has 0 amide bonds. The van der Waals surface area contributed by atoms with E-state index >= 15 is 0 Å². The molecule has 0 aliphatic heterocycles. The van der Waals surface area contributed by atoms with E-state index in [1.165, 1.54) is 6.42 Å². The van der Waals surface area contributed by atoms with E-state index in [1.807, 2.05) is 31.2 Å². The molecule has 1 aromatic rings. The Hall–Kier alpha value is -1.06. The van der Waals surface area contributed by atoms with Gasteiger partial charge in [0.25, 0.3) is 0 Å². The van der Waals surface area contributed by atoms with Crippen LogP contribution in [0.15, 0.2) is 24.3 Å². The van der Waals surface area contributed by atoms with Gasteiger partial charge in [-0.3, -0.25) is 0 Å². The molecule has 0 bridgehead atoms. The van der Waals surface area contributed by atoms with Gasteiger partial charge < -0.3 is 15.2 Å². The second kappa shape index (κ2) is 8.94. The molecule has 0 aliphatic carbocycles. The van der Waals surface area contributed by atoms with E-state index in [0.29, 0.717) is 0 Å². The van der Waals surface area contributed by atoms with E-state index in [4.69, 9.17) is 4.74 Å². The molecule has 2 atom stereocenters. The van der Waals surface area contributed by atoms with Crippen molar-refractivity contribution in [2.24, 2.45) is 0 Å². The molecule has 0 saturated heterocycles. The fraction of sp³-hybridized carbons (Fsp3) is 0.625. The quantitative estimate of drug-likeness (QED) is 0.673. The molecule has 3 nitrogen and oxygen atoms in total. The summed E-state index contributed by atoms with van der Waals surface area (Å²) in [5.74, 6) is 0.865. The second-order valence-corrected chi connectivity index (χ2v) is 4.96. The predicted octanol–water partition coefficient (Wildman–Crippen LogP) is 3.29. The number of nitrogens with one attached hydrogen (secondary N) is 1. The first-order chi connectivity index (χ1) is 9.19. The van der Waals surface area contributed by atoms with Gasteiger partial charge in [-0.2, -0.15) is 0 Å². The van der Waals surface area contributed by atoms with Crippen LogP contribution in [0.3, 0.4) is 0 Å². The molecule has 19 heavy (non-hydrogen) atoms. The minimum absolute atomic E-state index is 0.0639. The van der Waals surface area contributed by atoms with Crippen LogP contribution in [-0.2, 0) is 0 Å². The van der Waals surface area contributed by atoms with Crippen LogP contribution in [0.2, 0.25) is 0 Å². The van der Waals surface area contributed by atoms with E-state index in [9.17, 15) is 5.11 Å². The molecule has 0 fully saturated rings. The number of aliphatic hydroxyl groups excluding tert-OH is 1. The van der Waals surface area contributed by atoms with Crippen LogP contribution in [0.4, 0.5) is 0 Å². The maximum Gasteiger partial charge on any atom is 0.119 e. The van der Waals surface area contributed by atoms with Crippen molar-refractivity contribution in [1.82, 2.24) is 5.32 Å². The van der Waals surface area contributed by atoms with Gasteiger partial charge in [0, 0.05) is 6.04 Å². The molecule has 0 heterocycles. The van der Waals surface area contributed by atoms with E-state index in [2.05, 4.69) is 19.2 Å². The number of benzene rings is 1. The third kappa shape index (κ3) is 5.62. The summed E-state index contributed by atoms with van der Waals surface area (Å²) in [7, 11) is 0. The monoisotopic (exact) mass is 265 g/mol. The lowest BCUT2D eigenvalue weighted by Gasteiger charge is -2.20. The van der Waals surface area contributed by atoms with Crippen molar-refractivity contribution in [3.05, 3.63) is 29.8 Å². The summed E-state index contributed by atoms with van der Waals surface area (Å²) in [5.41, 5.74) is 0.931. The summed E-state index contributed by atoms with van der Waals surface area (Å²) in [6, 6.07) is 7.79. The lowest BCUT2D eigenvalue weighted by atomic mass is 10.0. The van der Waals surface area contributed by atoms with Gasteiger partial charge in [0.1, 0.15) is 5.75 Å². The van der Waals surface area contributed by atoms with Crippen molar-refractivity contribution in [3.63, 3.8) is 0 Å². The zero-order valence-electron chi connectivity index (χ0n) is 12.4. The fourth-order valence-electron chi connectivity index (χ4n) is 1.89. The Morgan fingerprint density at radius 1 is 1.16 bits per heavy atom. The van der Waals surface area contributed by atoms with Crippen LogP contribution in [-0.4, -0.2) is 24.3 Å². The van der Waals surface area contributed by atoms with E-state index in [1.54, 1.807) is 0 Å². The van der Waals surface area contributed by atoms with Crippen LogP contribution in [0.1, 0.15) is 51.7 Å². The highest BCUT2D eigenvalue weighted by Crippen LogP contribution is 2.20. The average molecular weight is 265 g/mol. The van der Waals surface area contributed by atoms with Gasteiger partial charge in [0.15, 0.2) is 0 Å². The normalized spacial score (nSPS) is 14.1. The Labute approximate surface area is 117 Å². The zero-order valence-corrected chi connectivity index (χ0v) is 12.4. The highest BCUT2D eigenvalue weighted by molar-refractivity contribution is 5.29. The molecular weight excluding hydrogens is 238 g/mol. The van der Waals surface area contributed by atoms with Gasteiger partial charge in [-0.25, -0.2) is 0 Å². The molecule has 108 valence electrons. The Morgan fingerprint density at radius 2 is 1.84 bits per heavy atom. The lowest BCUT2D eigenvalue weighted by Crippen LogP contribution is -2.32. The minimum Gasteiger partial charge on any atom is -0.494 e. The molecule has 2 N–H and O–H groups in total. The van der Waals surface area contributed by atoms with Crippen LogP contribution >= 0.6 is 0 Å². The molecule has 3 heteroatoms. The van der Waals surface area contributed by atoms with Crippen LogP contribution < -0.4 is 10.1 Å². The van der Waals surface area contributed by atoms with Gasteiger partial charge >= 0.3 is 0 Å². The molecule has 0 radical (unpaired) electrons. The number of unbranched alkanes of at least 4 members (excludes halogenated alkanes) is 1.